The van der Waals surface area contributed by atoms with Crippen LogP contribution in [0, 0.1) is 24.4 Å². The van der Waals surface area contributed by atoms with Crippen molar-refractivity contribution >= 4 is 17.5 Å². The number of hydrogen-bond acceptors (Lipinski definition) is 3. The summed E-state index contributed by atoms with van der Waals surface area (Å²) < 4.78 is 40.0. The molecule has 1 aromatic heterocycles. The van der Waals surface area contributed by atoms with Gasteiger partial charge in [-0.3, -0.25) is 14.6 Å². The van der Waals surface area contributed by atoms with Crippen LogP contribution in [0.3, 0.4) is 0 Å². The van der Waals surface area contributed by atoms with Gasteiger partial charge in [-0.1, -0.05) is 29.8 Å². The minimum atomic E-state index is -1.69. The van der Waals surface area contributed by atoms with Gasteiger partial charge >= 0.3 is 0 Å². The predicted octanol–water partition coefficient (Wildman–Crippen LogP) is 3.99. The average Bonchev–Trinajstić information content (AvgIpc) is 2.73. The SMILES string of the molecule is Cc1ccc(CNC(=O)c2ccnc(C(=O)Nc3ccc(F)c(F)c3F)c2)cc1. The Hall–Kier alpha value is -3.68. The number of benzene rings is 2. The van der Waals surface area contributed by atoms with Crippen LogP contribution in [-0.2, 0) is 6.54 Å². The summed E-state index contributed by atoms with van der Waals surface area (Å²) in [6.45, 7) is 2.25. The Labute approximate surface area is 164 Å². The Kier molecular flexibility index (Phi) is 5.92. The largest absolute Gasteiger partial charge is 0.348 e. The summed E-state index contributed by atoms with van der Waals surface area (Å²) in [6.07, 6.45) is 1.25. The van der Waals surface area contributed by atoms with E-state index in [9.17, 15) is 22.8 Å². The first kappa shape index (κ1) is 20.1. The van der Waals surface area contributed by atoms with Gasteiger partial charge < -0.3 is 10.6 Å². The second-order valence-electron chi connectivity index (χ2n) is 6.28. The van der Waals surface area contributed by atoms with Gasteiger partial charge in [0, 0.05) is 18.3 Å². The van der Waals surface area contributed by atoms with Crippen molar-refractivity contribution in [3.63, 3.8) is 0 Å². The molecule has 3 aromatic rings. The Balaban J connectivity index is 1.69. The van der Waals surface area contributed by atoms with E-state index in [0.29, 0.717) is 12.6 Å². The lowest BCUT2D eigenvalue weighted by molar-refractivity contribution is 0.0950. The zero-order valence-corrected chi connectivity index (χ0v) is 15.3. The number of carbonyl (C=O) groups excluding carboxylic acids is 2. The van der Waals surface area contributed by atoms with E-state index in [4.69, 9.17) is 0 Å². The quantitative estimate of drug-likeness (QED) is 0.638. The fourth-order valence-corrected chi connectivity index (χ4v) is 2.50. The van der Waals surface area contributed by atoms with Crippen molar-refractivity contribution < 1.29 is 22.8 Å². The average molecular weight is 399 g/mol. The van der Waals surface area contributed by atoms with Crippen molar-refractivity contribution in [2.45, 2.75) is 13.5 Å². The lowest BCUT2D eigenvalue weighted by atomic mass is 10.1. The van der Waals surface area contributed by atoms with Crippen LogP contribution in [-0.4, -0.2) is 16.8 Å². The molecule has 2 N–H and O–H groups in total. The molecule has 2 amide bonds. The van der Waals surface area contributed by atoms with Crippen LogP contribution in [0.15, 0.2) is 54.7 Å². The maximum atomic E-state index is 13.7. The van der Waals surface area contributed by atoms with Crippen LogP contribution in [0.25, 0.3) is 0 Å². The molecule has 1 heterocycles. The van der Waals surface area contributed by atoms with E-state index in [1.807, 2.05) is 31.2 Å². The van der Waals surface area contributed by atoms with Gasteiger partial charge in [0.05, 0.1) is 5.69 Å². The molecule has 0 aliphatic rings. The minimum Gasteiger partial charge on any atom is -0.348 e. The van der Waals surface area contributed by atoms with Crippen molar-refractivity contribution in [3.05, 3.63) is 94.6 Å². The van der Waals surface area contributed by atoms with Gasteiger partial charge in [-0.15, -0.1) is 0 Å². The smallest absolute Gasteiger partial charge is 0.274 e. The number of pyridine rings is 1. The van der Waals surface area contributed by atoms with Crippen LogP contribution < -0.4 is 10.6 Å². The van der Waals surface area contributed by atoms with Crippen molar-refractivity contribution in [1.29, 1.82) is 0 Å². The Bertz CT molecular complexity index is 1070. The van der Waals surface area contributed by atoms with Crippen LogP contribution in [0.4, 0.5) is 18.9 Å². The molecule has 8 heteroatoms. The number of nitrogens with one attached hydrogen (secondary N) is 2. The second kappa shape index (κ2) is 8.55. The maximum Gasteiger partial charge on any atom is 0.274 e. The molecule has 0 spiro atoms. The summed E-state index contributed by atoms with van der Waals surface area (Å²) in [5.41, 5.74) is 1.46. The van der Waals surface area contributed by atoms with Gasteiger partial charge in [-0.2, -0.15) is 0 Å². The second-order valence-corrected chi connectivity index (χ2v) is 6.28. The van der Waals surface area contributed by atoms with Crippen LogP contribution in [0.1, 0.15) is 32.0 Å². The number of hydrogen-bond donors (Lipinski definition) is 2. The van der Waals surface area contributed by atoms with Gasteiger partial charge in [0.1, 0.15) is 5.69 Å². The Morgan fingerprint density at radius 2 is 1.66 bits per heavy atom. The van der Waals surface area contributed by atoms with Crippen molar-refractivity contribution in [2.24, 2.45) is 0 Å². The van der Waals surface area contributed by atoms with Crippen LogP contribution in [0.5, 0.6) is 0 Å². The zero-order valence-electron chi connectivity index (χ0n) is 15.3. The molecular weight excluding hydrogens is 383 g/mol. The molecule has 0 fully saturated rings. The third-order valence-corrected chi connectivity index (χ3v) is 4.11. The standard InChI is InChI=1S/C21H16F3N3O2/c1-12-2-4-13(5-3-12)11-26-20(28)14-8-9-25-17(10-14)21(29)27-16-7-6-15(22)18(23)19(16)24/h2-10H,11H2,1H3,(H,26,28)(H,27,29). The van der Waals surface area contributed by atoms with Crippen LogP contribution >= 0.6 is 0 Å². The summed E-state index contributed by atoms with van der Waals surface area (Å²) in [7, 11) is 0. The third-order valence-electron chi connectivity index (χ3n) is 4.11. The first-order valence-electron chi connectivity index (χ1n) is 8.60. The highest BCUT2D eigenvalue weighted by molar-refractivity contribution is 6.04. The Morgan fingerprint density at radius 3 is 2.38 bits per heavy atom. The van der Waals surface area contributed by atoms with Gasteiger partial charge in [-0.05, 0) is 36.8 Å². The summed E-state index contributed by atoms with van der Waals surface area (Å²) >= 11 is 0. The number of halogens is 3. The molecule has 0 saturated carbocycles. The fourth-order valence-electron chi connectivity index (χ4n) is 2.50. The fraction of sp³-hybridized carbons (Fsp3) is 0.0952. The molecule has 2 aromatic carbocycles. The van der Waals surface area contributed by atoms with E-state index in [0.717, 1.165) is 17.2 Å². The highest BCUT2D eigenvalue weighted by atomic mass is 19.2. The van der Waals surface area contributed by atoms with E-state index in [2.05, 4.69) is 15.6 Å². The molecule has 3 rings (SSSR count). The van der Waals surface area contributed by atoms with Crippen molar-refractivity contribution in [1.82, 2.24) is 10.3 Å². The molecule has 0 saturated heterocycles. The normalized spacial score (nSPS) is 10.5. The number of aromatic nitrogens is 1. The third kappa shape index (κ3) is 4.78. The van der Waals surface area contributed by atoms with Gasteiger partial charge in [0.2, 0.25) is 0 Å². The first-order valence-corrected chi connectivity index (χ1v) is 8.60. The topological polar surface area (TPSA) is 71.1 Å². The number of amides is 2. The highest BCUT2D eigenvalue weighted by Gasteiger charge is 2.17. The van der Waals surface area contributed by atoms with Crippen LogP contribution in [0.2, 0.25) is 0 Å². The van der Waals surface area contributed by atoms with Crippen molar-refractivity contribution in [3.8, 4) is 0 Å². The summed E-state index contributed by atoms with van der Waals surface area (Å²) in [5.74, 6) is -5.89. The van der Waals surface area contributed by atoms with Gasteiger partial charge in [0.25, 0.3) is 11.8 Å². The molecule has 148 valence electrons. The molecule has 29 heavy (non-hydrogen) atoms. The molecule has 0 unspecified atom stereocenters. The summed E-state index contributed by atoms with van der Waals surface area (Å²) in [4.78, 5) is 28.4. The molecule has 0 bridgehead atoms. The highest BCUT2D eigenvalue weighted by Crippen LogP contribution is 2.20. The van der Waals surface area contributed by atoms with Gasteiger partial charge in [0.15, 0.2) is 17.5 Å². The van der Waals surface area contributed by atoms with Gasteiger partial charge in [-0.25, -0.2) is 13.2 Å². The zero-order chi connectivity index (χ0) is 21.0. The molecular formula is C21H16F3N3O2. The van der Waals surface area contributed by atoms with E-state index < -0.39 is 35.0 Å². The number of carbonyl (C=O) groups is 2. The van der Waals surface area contributed by atoms with E-state index in [-0.39, 0.29) is 11.3 Å². The lowest BCUT2D eigenvalue weighted by Crippen LogP contribution is -2.24. The first-order chi connectivity index (χ1) is 13.8. The molecule has 0 atom stereocenters. The monoisotopic (exact) mass is 399 g/mol. The molecule has 0 radical (unpaired) electrons. The summed E-state index contributed by atoms with van der Waals surface area (Å²) in [6, 6.07) is 11.8. The Morgan fingerprint density at radius 1 is 0.931 bits per heavy atom. The minimum absolute atomic E-state index is 0.169. The number of anilines is 1. The molecule has 5 nitrogen and oxygen atoms in total. The van der Waals surface area contributed by atoms with E-state index in [1.165, 1.54) is 18.3 Å². The summed E-state index contributed by atoms with van der Waals surface area (Å²) in [5, 5.41) is 4.83. The molecule has 0 aliphatic carbocycles. The van der Waals surface area contributed by atoms with E-state index in [1.54, 1.807) is 0 Å². The maximum absolute atomic E-state index is 13.7. The molecule has 0 aliphatic heterocycles. The number of nitrogens with zero attached hydrogens (tertiary/aromatic N) is 1. The van der Waals surface area contributed by atoms with Crippen molar-refractivity contribution in [2.75, 3.05) is 5.32 Å². The number of aryl methyl sites for hydroxylation is 1. The van der Waals surface area contributed by atoms with E-state index >= 15 is 0 Å². The lowest BCUT2D eigenvalue weighted by Gasteiger charge is -2.09. The number of rotatable bonds is 5. The predicted molar refractivity (Wildman–Crippen MR) is 101 cm³/mol.